The van der Waals surface area contributed by atoms with Crippen LogP contribution in [0.3, 0.4) is 0 Å². The average Bonchev–Trinajstić information content (AvgIpc) is 2.85. The van der Waals surface area contributed by atoms with Crippen LogP contribution in [-0.2, 0) is 9.53 Å². The minimum atomic E-state index is -4.55. The number of nitrogens with zero attached hydrogens (tertiary/aromatic N) is 2. The van der Waals surface area contributed by atoms with Crippen LogP contribution < -0.4 is 0 Å². The van der Waals surface area contributed by atoms with E-state index in [0.717, 1.165) is 13.3 Å². The summed E-state index contributed by atoms with van der Waals surface area (Å²) in [4.78, 5) is 23.3. The summed E-state index contributed by atoms with van der Waals surface area (Å²) in [5.74, 6) is -1.54. The average molecular weight is 279 g/mol. The molecule has 0 fully saturated rings. The lowest BCUT2D eigenvalue weighted by Gasteiger charge is -2.22. The number of aromatic nitrogens is 2. The number of carbonyl (C=O) groups excluding carboxylic acids is 2. The topological polar surface area (TPSA) is 75.3 Å². The lowest BCUT2D eigenvalue weighted by atomic mass is 10.2. The second-order valence-corrected chi connectivity index (χ2v) is 3.65. The van der Waals surface area contributed by atoms with Crippen molar-refractivity contribution >= 4 is 11.9 Å². The number of aromatic amines is 1. The van der Waals surface area contributed by atoms with Gasteiger partial charge in [-0.25, -0.2) is 0 Å². The maximum atomic E-state index is 12.4. The predicted octanol–water partition coefficient (Wildman–Crippen LogP) is 0.977. The number of nitrogens with one attached hydrogen (secondary N) is 1. The molecule has 1 heterocycles. The molecular formula is C10H12F3N3O3. The van der Waals surface area contributed by atoms with Crippen molar-refractivity contribution in [3.05, 3.63) is 18.0 Å². The molecule has 1 rings (SSSR count). The Bertz CT molecular complexity index is 431. The number of alkyl halides is 3. The Morgan fingerprint density at radius 3 is 2.63 bits per heavy atom. The Hall–Kier alpha value is -2.06. The molecule has 0 aromatic carbocycles. The summed E-state index contributed by atoms with van der Waals surface area (Å²) in [6.07, 6.45) is -2.56. The number of halogens is 3. The molecule has 0 spiro atoms. The van der Waals surface area contributed by atoms with Crippen LogP contribution in [0.1, 0.15) is 16.8 Å². The van der Waals surface area contributed by atoms with Crippen LogP contribution in [0.25, 0.3) is 0 Å². The zero-order chi connectivity index (χ0) is 14.5. The van der Waals surface area contributed by atoms with E-state index in [2.05, 4.69) is 14.9 Å². The number of H-pyrrole nitrogens is 1. The Morgan fingerprint density at radius 2 is 2.16 bits per heavy atom. The van der Waals surface area contributed by atoms with Gasteiger partial charge in [-0.15, -0.1) is 0 Å². The molecule has 1 aromatic heterocycles. The molecule has 0 aliphatic rings. The van der Waals surface area contributed by atoms with Crippen LogP contribution in [0.2, 0.25) is 0 Å². The molecular weight excluding hydrogens is 267 g/mol. The highest BCUT2D eigenvalue weighted by molar-refractivity contribution is 5.93. The van der Waals surface area contributed by atoms with Gasteiger partial charge in [0.25, 0.3) is 5.91 Å². The van der Waals surface area contributed by atoms with Gasteiger partial charge >= 0.3 is 12.1 Å². The lowest BCUT2D eigenvalue weighted by molar-refractivity contribution is -0.147. The van der Waals surface area contributed by atoms with Crippen molar-refractivity contribution in [1.29, 1.82) is 0 Å². The Morgan fingerprint density at radius 1 is 1.47 bits per heavy atom. The minimum absolute atomic E-state index is 0.00545. The number of carbonyl (C=O) groups is 2. The van der Waals surface area contributed by atoms with Crippen LogP contribution in [0.5, 0.6) is 0 Å². The molecule has 6 nitrogen and oxygen atoms in total. The Labute approximate surface area is 106 Å². The van der Waals surface area contributed by atoms with Crippen LogP contribution in [0.4, 0.5) is 13.2 Å². The number of amides is 1. The smallest absolute Gasteiger partial charge is 0.406 e. The van der Waals surface area contributed by atoms with E-state index in [0.29, 0.717) is 4.90 Å². The standard InChI is InChI=1S/C10H12F3N3O3/c1-19-8(17)2-3-16(6-10(11,12)13)9(18)7-4-14-15-5-7/h4-5H,2-3,6H2,1H3,(H,14,15). The van der Waals surface area contributed by atoms with Crippen molar-refractivity contribution < 1.29 is 27.5 Å². The summed E-state index contributed by atoms with van der Waals surface area (Å²) in [5, 5.41) is 5.82. The largest absolute Gasteiger partial charge is 0.469 e. The molecule has 19 heavy (non-hydrogen) atoms. The van der Waals surface area contributed by atoms with E-state index < -0.39 is 24.6 Å². The fourth-order valence-corrected chi connectivity index (χ4v) is 1.35. The van der Waals surface area contributed by atoms with E-state index in [1.807, 2.05) is 0 Å². The third kappa shape index (κ3) is 4.98. The summed E-state index contributed by atoms with van der Waals surface area (Å²) in [7, 11) is 1.12. The van der Waals surface area contributed by atoms with Crippen LogP contribution in [0, 0.1) is 0 Å². The molecule has 0 saturated carbocycles. The van der Waals surface area contributed by atoms with Gasteiger partial charge < -0.3 is 9.64 Å². The first kappa shape index (κ1) is 15.0. The number of hydrogen-bond donors (Lipinski definition) is 1. The maximum Gasteiger partial charge on any atom is 0.406 e. The number of ether oxygens (including phenoxy) is 1. The first-order valence-electron chi connectivity index (χ1n) is 5.25. The summed E-state index contributed by atoms with van der Waals surface area (Å²) in [5.41, 5.74) is -0.00545. The normalized spacial score (nSPS) is 11.2. The van der Waals surface area contributed by atoms with E-state index in [4.69, 9.17) is 0 Å². The van der Waals surface area contributed by atoms with Gasteiger partial charge in [-0.05, 0) is 0 Å². The molecule has 0 unspecified atom stereocenters. The number of esters is 1. The van der Waals surface area contributed by atoms with Crippen LogP contribution in [0.15, 0.2) is 12.4 Å². The molecule has 1 aromatic rings. The van der Waals surface area contributed by atoms with Gasteiger partial charge in [0.15, 0.2) is 0 Å². The molecule has 1 N–H and O–H groups in total. The monoisotopic (exact) mass is 279 g/mol. The molecule has 0 atom stereocenters. The van der Waals surface area contributed by atoms with E-state index in [1.54, 1.807) is 0 Å². The van der Waals surface area contributed by atoms with Crippen molar-refractivity contribution in [3.8, 4) is 0 Å². The van der Waals surface area contributed by atoms with Gasteiger partial charge in [0.1, 0.15) is 6.54 Å². The van der Waals surface area contributed by atoms with E-state index in [1.165, 1.54) is 6.20 Å². The second-order valence-electron chi connectivity index (χ2n) is 3.65. The highest BCUT2D eigenvalue weighted by Gasteiger charge is 2.33. The Balaban J connectivity index is 2.74. The predicted molar refractivity (Wildman–Crippen MR) is 57.2 cm³/mol. The van der Waals surface area contributed by atoms with Crippen molar-refractivity contribution in [1.82, 2.24) is 15.1 Å². The third-order valence-corrected chi connectivity index (χ3v) is 2.22. The fourth-order valence-electron chi connectivity index (χ4n) is 1.35. The van der Waals surface area contributed by atoms with E-state index >= 15 is 0 Å². The van der Waals surface area contributed by atoms with Gasteiger partial charge in [-0.2, -0.15) is 18.3 Å². The first-order chi connectivity index (χ1) is 8.83. The maximum absolute atomic E-state index is 12.4. The van der Waals surface area contributed by atoms with Crippen LogP contribution in [-0.4, -0.2) is 53.3 Å². The van der Waals surface area contributed by atoms with Crippen molar-refractivity contribution in [3.63, 3.8) is 0 Å². The molecule has 106 valence electrons. The molecule has 0 radical (unpaired) electrons. The third-order valence-electron chi connectivity index (χ3n) is 2.22. The molecule has 0 bridgehead atoms. The summed E-state index contributed by atoms with van der Waals surface area (Å²) >= 11 is 0. The van der Waals surface area contributed by atoms with Crippen LogP contribution >= 0.6 is 0 Å². The quantitative estimate of drug-likeness (QED) is 0.815. The summed E-state index contributed by atoms with van der Waals surface area (Å²) in [6, 6.07) is 0. The molecule has 1 amide bonds. The van der Waals surface area contributed by atoms with Gasteiger partial charge in [-0.3, -0.25) is 14.7 Å². The van der Waals surface area contributed by atoms with Gasteiger partial charge in [0, 0.05) is 12.7 Å². The second kappa shape index (κ2) is 6.21. The molecule has 0 aliphatic carbocycles. The van der Waals surface area contributed by atoms with Gasteiger partial charge in [0.2, 0.25) is 0 Å². The highest BCUT2D eigenvalue weighted by atomic mass is 19.4. The number of hydrogen-bond acceptors (Lipinski definition) is 4. The molecule has 9 heteroatoms. The zero-order valence-corrected chi connectivity index (χ0v) is 10.0. The SMILES string of the molecule is COC(=O)CCN(CC(F)(F)F)C(=O)c1cn[nH]c1. The minimum Gasteiger partial charge on any atom is -0.469 e. The van der Waals surface area contributed by atoms with E-state index in [9.17, 15) is 22.8 Å². The Kier molecular flexibility index (Phi) is 4.90. The van der Waals surface area contributed by atoms with Crippen molar-refractivity contribution in [2.45, 2.75) is 12.6 Å². The highest BCUT2D eigenvalue weighted by Crippen LogP contribution is 2.18. The first-order valence-corrected chi connectivity index (χ1v) is 5.25. The van der Waals surface area contributed by atoms with Crippen molar-refractivity contribution in [2.75, 3.05) is 20.2 Å². The van der Waals surface area contributed by atoms with Crippen molar-refractivity contribution in [2.24, 2.45) is 0 Å². The lowest BCUT2D eigenvalue weighted by Crippen LogP contribution is -2.40. The summed E-state index contributed by atoms with van der Waals surface area (Å²) < 4.78 is 41.5. The summed E-state index contributed by atoms with van der Waals surface area (Å²) in [6.45, 7) is -1.82. The molecule has 0 aliphatic heterocycles. The van der Waals surface area contributed by atoms with Gasteiger partial charge in [0.05, 0.1) is 25.3 Å². The van der Waals surface area contributed by atoms with Gasteiger partial charge in [-0.1, -0.05) is 0 Å². The number of methoxy groups -OCH3 is 1. The van der Waals surface area contributed by atoms with E-state index in [-0.39, 0.29) is 18.5 Å². The zero-order valence-electron chi connectivity index (χ0n) is 10.0. The molecule has 0 saturated heterocycles. The fraction of sp³-hybridized carbons (Fsp3) is 0.500. The number of rotatable bonds is 5.